The molecule has 0 aliphatic heterocycles. The molecule has 1 aliphatic rings. The summed E-state index contributed by atoms with van der Waals surface area (Å²) in [6, 6.07) is 19.5. The van der Waals surface area contributed by atoms with Gasteiger partial charge in [-0.05, 0) is 5.92 Å². The molecular weight excluding hydrogens is 287 g/mol. The molecule has 2 aromatic carbocycles. The van der Waals surface area contributed by atoms with E-state index < -0.39 is 7.14 Å². The second kappa shape index (κ2) is 6.34. The third-order valence-electron chi connectivity index (χ3n) is 3.86. The van der Waals surface area contributed by atoms with Gasteiger partial charge < -0.3 is 4.57 Å². The van der Waals surface area contributed by atoms with E-state index in [9.17, 15) is 4.57 Å². The van der Waals surface area contributed by atoms with Crippen LogP contribution in [0.5, 0.6) is 0 Å². The molecule has 1 aliphatic carbocycles. The number of rotatable bonds is 3. The molecule has 0 heterocycles. The van der Waals surface area contributed by atoms with Crippen molar-refractivity contribution in [3.05, 3.63) is 96.4 Å². The van der Waals surface area contributed by atoms with Crippen molar-refractivity contribution in [1.29, 1.82) is 0 Å². The van der Waals surface area contributed by atoms with Crippen LogP contribution in [0.1, 0.15) is 6.92 Å². The number of allylic oxidation sites excluding steroid dienone is 6. The average molecular weight is 306 g/mol. The van der Waals surface area contributed by atoms with Crippen LogP contribution in [0.4, 0.5) is 0 Å². The number of benzene rings is 2. The Labute approximate surface area is 132 Å². The van der Waals surface area contributed by atoms with Crippen LogP contribution in [0.15, 0.2) is 96.4 Å². The van der Waals surface area contributed by atoms with Crippen LogP contribution in [0, 0.1) is 5.92 Å². The Hall–Kier alpha value is -2.11. The van der Waals surface area contributed by atoms with Crippen molar-refractivity contribution >= 4 is 17.8 Å². The van der Waals surface area contributed by atoms with Gasteiger partial charge in [0.1, 0.15) is 0 Å². The molecule has 22 heavy (non-hydrogen) atoms. The molecule has 0 N–H and O–H groups in total. The number of hydrogen-bond acceptors (Lipinski definition) is 1. The summed E-state index contributed by atoms with van der Waals surface area (Å²) in [5, 5.41) is 2.63. The fourth-order valence-electron chi connectivity index (χ4n) is 2.63. The molecule has 2 aromatic rings. The van der Waals surface area contributed by atoms with Crippen molar-refractivity contribution in [3.63, 3.8) is 0 Å². The van der Waals surface area contributed by atoms with Crippen molar-refractivity contribution in [1.82, 2.24) is 0 Å². The molecule has 1 unspecified atom stereocenters. The molecule has 110 valence electrons. The van der Waals surface area contributed by atoms with Gasteiger partial charge in [-0.2, -0.15) is 0 Å². The highest BCUT2D eigenvalue weighted by atomic mass is 31.2. The summed E-state index contributed by atoms with van der Waals surface area (Å²) in [7, 11) is -2.83. The lowest BCUT2D eigenvalue weighted by atomic mass is 10.2. The van der Waals surface area contributed by atoms with Crippen LogP contribution in [0.2, 0.25) is 0 Å². The van der Waals surface area contributed by atoms with E-state index >= 15 is 0 Å². The Morgan fingerprint density at radius 3 is 1.91 bits per heavy atom. The van der Waals surface area contributed by atoms with Gasteiger partial charge in [-0.3, -0.25) is 0 Å². The Bertz CT molecular complexity index is 726. The molecule has 0 amide bonds. The van der Waals surface area contributed by atoms with Crippen LogP contribution in [0.3, 0.4) is 0 Å². The van der Waals surface area contributed by atoms with Gasteiger partial charge in [0, 0.05) is 15.9 Å². The fourth-order valence-corrected chi connectivity index (χ4v) is 5.30. The lowest BCUT2D eigenvalue weighted by Gasteiger charge is -2.20. The van der Waals surface area contributed by atoms with Crippen LogP contribution >= 0.6 is 7.14 Å². The summed E-state index contributed by atoms with van der Waals surface area (Å²) in [5.74, 6) is 0.355. The monoisotopic (exact) mass is 306 g/mol. The first-order chi connectivity index (χ1) is 10.7. The van der Waals surface area contributed by atoms with Crippen molar-refractivity contribution in [2.45, 2.75) is 6.92 Å². The molecule has 0 saturated heterocycles. The molecule has 3 rings (SSSR count). The highest BCUT2D eigenvalue weighted by Gasteiger charge is 2.30. The topological polar surface area (TPSA) is 17.1 Å². The minimum atomic E-state index is -2.83. The summed E-state index contributed by atoms with van der Waals surface area (Å²) in [5.41, 5.74) is 0. The largest absolute Gasteiger partial charge is 0.309 e. The van der Waals surface area contributed by atoms with Gasteiger partial charge in [-0.1, -0.05) is 98.0 Å². The standard InChI is InChI=1S/C20H19OP/c1-17-9-8-14-20(16-15-17)22(21,18-10-4-2-5-11-18)19-12-6-3-7-13-19/h2-17H,1H3. The van der Waals surface area contributed by atoms with Gasteiger partial charge in [-0.15, -0.1) is 0 Å². The molecule has 0 radical (unpaired) electrons. The predicted octanol–water partition coefficient (Wildman–Crippen LogP) is 4.65. The maximum absolute atomic E-state index is 14.1. The zero-order chi connectivity index (χ0) is 15.4. The van der Waals surface area contributed by atoms with E-state index in [0.717, 1.165) is 15.9 Å². The van der Waals surface area contributed by atoms with Gasteiger partial charge in [0.25, 0.3) is 0 Å². The van der Waals surface area contributed by atoms with Crippen molar-refractivity contribution in [3.8, 4) is 0 Å². The molecule has 1 atom stereocenters. The van der Waals surface area contributed by atoms with E-state index in [-0.39, 0.29) is 0 Å². The van der Waals surface area contributed by atoms with Crippen LogP contribution < -0.4 is 10.6 Å². The molecular formula is C20H19OP. The van der Waals surface area contributed by atoms with Gasteiger partial charge in [-0.25, -0.2) is 0 Å². The zero-order valence-electron chi connectivity index (χ0n) is 12.6. The highest BCUT2D eigenvalue weighted by Crippen LogP contribution is 2.52. The maximum atomic E-state index is 14.1. The molecule has 0 aromatic heterocycles. The maximum Gasteiger partial charge on any atom is 0.171 e. The van der Waals surface area contributed by atoms with Gasteiger partial charge in [0.2, 0.25) is 0 Å². The highest BCUT2D eigenvalue weighted by molar-refractivity contribution is 7.82. The molecule has 0 bridgehead atoms. The Morgan fingerprint density at radius 1 is 0.818 bits per heavy atom. The van der Waals surface area contributed by atoms with Crippen molar-refractivity contribution in [2.24, 2.45) is 5.92 Å². The van der Waals surface area contributed by atoms with E-state index in [4.69, 9.17) is 0 Å². The van der Waals surface area contributed by atoms with Crippen LogP contribution in [-0.2, 0) is 4.57 Å². The smallest absolute Gasteiger partial charge is 0.171 e. The third-order valence-corrected chi connectivity index (χ3v) is 6.93. The first kappa shape index (κ1) is 14.8. The summed E-state index contributed by atoms with van der Waals surface area (Å²) < 4.78 is 14.1. The molecule has 0 saturated carbocycles. The second-order valence-corrected chi connectivity index (χ2v) is 8.24. The first-order valence-electron chi connectivity index (χ1n) is 7.50. The summed E-state index contributed by atoms with van der Waals surface area (Å²) in [4.78, 5) is 0. The lowest BCUT2D eigenvalue weighted by molar-refractivity contribution is 0.591. The van der Waals surface area contributed by atoms with Crippen molar-refractivity contribution < 1.29 is 4.57 Å². The first-order valence-corrected chi connectivity index (χ1v) is 9.20. The SMILES string of the molecule is CC1C=CC=C(P(=O)(c2ccccc2)c2ccccc2)C=C1. The predicted molar refractivity (Wildman–Crippen MR) is 95.3 cm³/mol. The Kier molecular flexibility index (Phi) is 4.27. The van der Waals surface area contributed by atoms with E-state index in [1.807, 2.05) is 78.9 Å². The van der Waals surface area contributed by atoms with E-state index in [2.05, 4.69) is 19.1 Å². The van der Waals surface area contributed by atoms with Crippen LogP contribution in [-0.4, -0.2) is 0 Å². The summed E-state index contributed by atoms with van der Waals surface area (Å²) in [6.07, 6.45) is 10.2. The summed E-state index contributed by atoms with van der Waals surface area (Å²) >= 11 is 0. The number of hydrogen-bond donors (Lipinski definition) is 0. The van der Waals surface area contributed by atoms with Gasteiger partial charge in [0.05, 0.1) is 0 Å². The van der Waals surface area contributed by atoms with Crippen LogP contribution in [0.25, 0.3) is 0 Å². The average Bonchev–Trinajstić information content (AvgIpc) is 2.81. The molecule has 2 heteroatoms. The minimum Gasteiger partial charge on any atom is -0.309 e. The Morgan fingerprint density at radius 2 is 1.36 bits per heavy atom. The second-order valence-electron chi connectivity index (χ2n) is 5.48. The quantitative estimate of drug-likeness (QED) is 0.755. The van der Waals surface area contributed by atoms with E-state index in [1.54, 1.807) is 0 Å². The fraction of sp³-hybridized carbons (Fsp3) is 0.100. The van der Waals surface area contributed by atoms with E-state index in [1.165, 1.54) is 0 Å². The van der Waals surface area contributed by atoms with Gasteiger partial charge in [0.15, 0.2) is 7.14 Å². The minimum absolute atomic E-state index is 0.355. The zero-order valence-corrected chi connectivity index (χ0v) is 13.5. The molecule has 0 fully saturated rings. The van der Waals surface area contributed by atoms with Gasteiger partial charge >= 0.3 is 0 Å². The Balaban J connectivity index is 2.21. The lowest BCUT2D eigenvalue weighted by Crippen LogP contribution is -2.16. The normalized spacial score (nSPS) is 17.9. The van der Waals surface area contributed by atoms with Crippen molar-refractivity contribution in [2.75, 3.05) is 0 Å². The molecule has 1 nitrogen and oxygen atoms in total. The third kappa shape index (κ3) is 2.77. The summed E-state index contributed by atoms with van der Waals surface area (Å²) in [6.45, 7) is 2.12. The van der Waals surface area contributed by atoms with E-state index in [0.29, 0.717) is 5.92 Å². The molecule has 0 spiro atoms.